The van der Waals surface area contributed by atoms with Crippen LogP contribution in [-0.4, -0.2) is 24.5 Å². The summed E-state index contributed by atoms with van der Waals surface area (Å²) < 4.78 is 27.7. The van der Waals surface area contributed by atoms with E-state index in [4.69, 9.17) is 0 Å². The van der Waals surface area contributed by atoms with Crippen LogP contribution < -0.4 is 10.0 Å². The molecule has 1 heterocycles. The lowest BCUT2D eigenvalue weighted by molar-refractivity contribution is 0.102. The highest BCUT2D eigenvalue weighted by molar-refractivity contribution is 7.94. The summed E-state index contributed by atoms with van der Waals surface area (Å²) >= 11 is 0.797. The summed E-state index contributed by atoms with van der Waals surface area (Å²) in [6, 6.07) is 10.9. The number of carbonyl (C=O) groups is 1. The van der Waals surface area contributed by atoms with Crippen molar-refractivity contribution in [2.24, 2.45) is 0 Å². The molecule has 0 radical (unpaired) electrons. The topological polar surface area (TPSA) is 101 Å². The molecule has 1 aromatic heterocycles. The molecule has 0 saturated heterocycles. The van der Waals surface area contributed by atoms with Crippen molar-refractivity contribution in [3.8, 4) is 0 Å². The Morgan fingerprint density at radius 1 is 0.964 bits per heavy atom. The zero-order chi connectivity index (χ0) is 20.5. The fourth-order valence-corrected chi connectivity index (χ4v) is 4.94. The van der Waals surface area contributed by atoms with Crippen LogP contribution >= 0.6 is 11.3 Å². The van der Waals surface area contributed by atoms with Crippen LogP contribution in [0.5, 0.6) is 0 Å². The number of rotatable bonds is 5. The molecular weight excluding hydrogens is 396 g/mol. The molecule has 0 aliphatic heterocycles. The van der Waals surface area contributed by atoms with Crippen LogP contribution in [0.2, 0.25) is 0 Å². The van der Waals surface area contributed by atoms with E-state index in [1.807, 2.05) is 45.9 Å². The number of hydrogen-bond donors (Lipinski definition) is 2. The average molecular weight is 417 g/mol. The third kappa shape index (κ3) is 4.37. The van der Waals surface area contributed by atoms with E-state index < -0.39 is 10.0 Å². The van der Waals surface area contributed by atoms with Gasteiger partial charge in [0.2, 0.25) is 5.13 Å². The van der Waals surface area contributed by atoms with Gasteiger partial charge >= 0.3 is 0 Å². The van der Waals surface area contributed by atoms with Gasteiger partial charge in [0.1, 0.15) is 0 Å². The van der Waals surface area contributed by atoms with Gasteiger partial charge in [0.25, 0.3) is 20.3 Å². The highest BCUT2D eigenvalue weighted by Crippen LogP contribution is 2.27. The molecule has 146 valence electrons. The van der Waals surface area contributed by atoms with Crippen LogP contribution in [0.15, 0.2) is 40.7 Å². The molecule has 0 saturated carbocycles. The number of nitrogens with zero attached hydrogens (tertiary/aromatic N) is 2. The first-order valence-corrected chi connectivity index (χ1v) is 10.8. The maximum Gasteiger partial charge on any atom is 0.291 e. The van der Waals surface area contributed by atoms with Crippen molar-refractivity contribution in [1.29, 1.82) is 0 Å². The molecular formula is C19H20N4O3S2. The molecule has 0 aliphatic rings. The highest BCUT2D eigenvalue weighted by atomic mass is 32.2. The van der Waals surface area contributed by atoms with E-state index in [-0.39, 0.29) is 15.4 Å². The van der Waals surface area contributed by atoms with Gasteiger partial charge in [0.15, 0.2) is 0 Å². The number of amides is 1. The molecule has 0 unspecified atom stereocenters. The number of carbonyl (C=O) groups excluding carboxylic acids is 1. The monoisotopic (exact) mass is 416 g/mol. The molecule has 2 N–H and O–H groups in total. The predicted octanol–water partition coefficient (Wildman–Crippen LogP) is 3.82. The van der Waals surface area contributed by atoms with Crippen LogP contribution in [0, 0.1) is 27.7 Å². The van der Waals surface area contributed by atoms with Gasteiger partial charge in [-0.25, -0.2) is 0 Å². The van der Waals surface area contributed by atoms with Crippen molar-refractivity contribution in [2.75, 3.05) is 10.0 Å². The fraction of sp³-hybridized carbons (Fsp3) is 0.211. The van der Waals surface area contributed by atoms with Crippen LogP contribution in [0.3, 0.4) is 0 Å². The van der Waals surface area contributed by atoms with Gasteiger partial charge in [0.05, 0.1) is 5.69 Å². The summed E-state index contributed by atoms with van der Waals surface area (Å²) in [6.07, 6.45) is 0. The Bertz CT molecular complexity index is 1130. The highest BCUT2D eigenvalue weighted by Gasteiger charge is 2.23. The molecule has 3 aromatic rings. The molecule has 0 aliphatic carbocycles. The summed E-state index contributed by atoms with van der Waals surface area (Å²) in [5, 5.41) is 10.2. The molecule has 0 atom stereocenters. The quantitative estimate of drug-likeness (QED) is 0.616. The fourth-order valence-electron chi connectivity index (χ4n) is 2.84. The lowest BCUT2D eigenvalue weighted by Crippen LogP contribution is -2.14. The minimum atomic E-state index is -3.91. The van der Waals surface area contributed by atoms with Crippen molar-refractivity contribution in [3.63, 3.8) is 0 Å². The van der Waals surface area contributed by atoms with Gasteiger partial charge < -0.3 is 0 Å². The van der Waals surface area contributed by atoms with Crippen molar-refractivity contribution in [1.82, 2.24) is 10.2 Å². The first kappa shape index (κ1) is 20.0. The zero-order valence-electron chi connectivity index (χ0n) is 15.9. The van der Waals surface area contributed by atoms with E-state index in [2.05, 4.69) is 20.2 Å². The first-order chi connectivity index (χ1) is 13.2. The first-order valence-electron chi connectivity index (χ1n) is 8.48. The van der Waals surface area contributed by atoms with Gasteiger partial charge in [-0.2, -0.15) is 8.42 Å². The third-order valence-corrected chi connectivity index (χ3v) is 6.61. The second kappa shape index (κ2) is 7.69. The Balaban J connectivity index is 1.80. The molecule has 0 bridgehead atoms. The second-order valence-electron chi connectivity index (χ2n) is 6.58. The SMILES string of the molecule is Cc1cccc(C(=O)Nc2nnc(S(=O)(=O)Nc3c(C)cc(C)cc3C)s2)c1. The lowest BCUT2D eigenvalue weighted by Gasteiger charge is -2.12. The Morgan fingerprint density at radius 3 is 2.29 bits per heavy atom. The number of aryl methyl sites for hydroxylation is 4. The van der Waals surface area contributed by atoms with Crippen LogP contribution in [0.25, 0.3) is 0 Å². The molecule has 0 spiro atoms. The summed E-state index contributed by atoms with van der Waals surface area (Å²) in [5.41, 5.74) is 4.61. The van der Waals surface area contributed by atoms with Gasteiger partial charge in [-0.05, 0) is 51.0 Å². The van der Waals surface area contributed by atoms with Crippen molar-refractivity contribution in [2.45, 2.75) is 32.0 Å². The summed E-state index contributed by atoms with van der Waals surface area (Å²) in [5.74, 6) is -0.373. The van der Waals surface area contributed by atoms with Crippen LogP contribution in [0.1, 0.15) is 32.6 Å². The summed E-state index contributed by atoms with van der Waals surface area (Å²) in [6.45, 7) is 7.51. The molecule has 28 heavy (non-hydrogen) atoms. The Labute approximate surface area is 167 Å². The maximum atomic E-state index is 12.7. The van der Waals surface area contributed by atoms with Crippen molar-refractivity contribution >= 4 is 38.1 Å². The number of nitrogens with one attached hydrogen (secondary N) is 2. The minimum absolute atomic E-state index is 0.115. The molecule has 1 amide bonds. The molecule has 7 nitrogen and oxygen atoms in total. The molecule has 3 rings (SSSR count). The number of hydrogen-bond acceptors (Lipinski definition) is 6. The standard InChI is InChI=1S/C19H20N4O3S2/c1-11-6-5-7-15(10-11)17(24)20-18-21-22-19(27-18)28(25,26)23-16-13(3)8-12(2)9-14(16)4/h5-10,23H,1-4H3,(H,20,21,24). The second-order valence-corrected chi connectivity index (χ2v) is 9.41. The molecule has 9 heteroatoms. The van der Waals surface area contributed by atoms with Crippen LogP contribution in [-0.2, 0) is 10.0 Å². The predicted molar refractivity (Wildman–Crippen MR) is 111 cm³/mol. The average Bonchev–Trinajstić information content (AvgIpc) is 3.07. The number of sulfonamides is 1. The van der Waals surface area contributed by atoms with E-state index in [1.165, 1.54) is 0 Å². The number of benzene rings is 2. The lowest BCUT2D eigenvalue weighted by atomic mass is 10.1. The van der Waals surface area contributed by atoms with Crippen molar-refractivity contribution < 1.29 is 13.2 Å². The third-order valence-electron chi connectivity index (χ3n) is 4.05. The smallest absolute Gasteiger partial charge is 0.291 e. The number of anilines is 2. The minimum Gasteiger partial charge on any atom is -0.296 e. The largest absolute Gasteiger partial charge is 0.296 e. The van der Waals surface area contributed by atoms with Gasteiger partial charge in [-0.1, -0.05) is 46.7 Å². The van der Waals surface area contributed by atoms with Gasteiger partial charge in [0, 0.05) is 5.56 Å². The van der Waals surface area contributed by atoms with Crippen molar-refractivity contribution in [3.05, 3.63) is 64.2 Å². The summed E-state index contributed by atoms with van der Waals surface area (Å²) in [7, 11) is -3.91. The Morgan fingerprint density at radius 2 is 1.64 bits per heavy atom. The number of aromatic nitrogens is 2. The van der Waals surface area contributed by atoms with E-state index in [1.54, 1.807) is 18.2 Å². The van der Waals surface area contributed by atoms with Gasteiger partial charge in [-0.15, -0.1) is 10.2 Å². The van der Waals surface area contributed by atoms with E-state index in [0.29, 0.717) is 11.3 Å². The molecule has 2 aromatic carbocycles. The zero-order valence-corrected chi connectivity index (χ0v) is 17.5. The molecule has 0 fully saturated rings. The van der Waals surface area contributed by atoms with Gasteiger partial charge in [-0.3, -0.25) is 14.8 Å². The maximum absolute atomic E-state index is 12.7. The van der Waals surface area contributed by atoms with E-state index in [9.17, 15) is 13.2 Å². The Kier molecular flexibility index (Phi) is 5.48. The van der Waals surface area contributed by atoms with E-state index in [0.717, 1.165) is 33.6 Å². The summed E-state index contributed by atoms with van der Waals surface area (Å²) in [4.78, 5) is 12.3. The van der Waals surface area contributed by atoms with Crippen LogP contribution in [0.4, 0.5) is 10.8 Å². The normalized spacial score (nSPS) is 11.3. The van der Waals surface area contributed by atoms with E-state index >= 15 is 0 Å². The Hall–Kier alpha value is -2.78.